The monoisotopic (exact) mass is 203 g/mol. The summed E-state index contributed by atoms with van der Waals surface area (Å²) < 4.78 is 5.60. The molecule has 1 unspecified atom stereocenters. The first kappa shape index (κ1) is 13.9. The molecule has 0 aromatic rings. The fourth-order valence-corrected chi connectivity index (χ4v) is 1.12. The zero-order chi connectivity index (χ0) is 11.2. The van der Waals surface area contributed by atoms with Crippen LogP contribution >= 0.6 is 0 Å². The highest BCUT2D eigenvalue weighted by Crippen LogP contribution is 2.13. The van der Waals surface area contributed by atoms with E-state index in [2.05, 4.69) is 26.1 Å². The molecule has 0 aromatic heterocycles. The van der Waals surface area contributed by atoms with Crippen LogP contribution in [0, 0.1) is 0 Å². The van der Waals surface area contributed by atoms with Gasteiger partial charge in [0, 0.05) is 12.1 Å². The lowest BCUT2D eigenvalue weighted by Crippen LogP contribution is -2.43. The Balaban J connectivity index is 3.63. The van der Waals surface area contributed by atoms with Crippen LogP contribution in [-0.2, 0) is 4.74 Å². The molecule has 0 heterocycles. The standard InChI is InChI=1S/C11H25NO2/c1-10(2,3)14-8-6-7-11(4,9-13)12-5/h12-13H,6-9H2,1-5H3. The van der Waals surface area contributed by atoms with Gasteiger partial charge in [-0.15, -0.1) is 0 Å². The molecule has 0 aliphatic carbocycles. The van der Waals surface area contributed by atoms with Crippen molar-refractivity contribution in [1.82, 2.24) is 5.32 Å². The zero-order valence-electron chi connectivity index (χ0n) is 10.2. The van der Waals surface area contributed by atoms with E-state index in [1.807, 2.05) is 14.0 Å². The Bertz CT molecular complexity index is 148. The highest BCUT2D eigenvalue weighted by Gasteiger charge is 2.20. The molecule has 0 amide bonds. The second kappa shape index (κ2) is 5.69. The molecule has 0 aliphatic heterocycles. The van der Waals surface area contributed by atoms with Crippen molar-refractivity contribution >= 4 is 0 Å². The van der Waals surface area contributed by atoms with Crippen molar-refractivity contribution in [1.29, 1.82) is 0 Å². The summed E-state index contributed by atoms with van der Waals surface area (Å²) in [7, 11) is 1.88. The van der Waals surface area contributed by atoms with Crippen molar-refractivity contribution in [3.8, 4) is 0 Å². The number of hydrogen-bond acceptors (Lipinski definition) is 3. The van der Waals surface area contributed by atoms with Gasteiger partial charge in [0.05, 0.1) is 12.2 Å². The summed E-state index contributed by atoms with van der Waals surface area (Å²) in [6.07, 6.45) is 1.89. The molecule has 0 aromatic carbocycles. The molecule has 0 radical (unpaired) electrons. The van der Waals surface area contributed by atoms with Crippen molar-refractivity contribution < 1.29 is 9.84 Å². The SMILES string of the molecule is CNC(C)(CO)CCCOC(C)(C)C. The van der Waals surface area contributed by atoms with E-state index in [9.17, 15) is 0 Å². The number of rotatable bonds is 6. The third-order valence-corrected chi connectivity index (χ3v) is 2.36. The lowest BCUT2D eigenvalue weighted by Gasteiger charge is -2.27. The normalized spacial score (nSPS) is 16.7. The highest BCUT2D eigenvalue weighted by molar-refractivity contribution is 4.80. The van der Waals surface area contributed by atoms with Crippen LogP contribution in [0.3, 0.4) is 0 Å². The Morgan fingerprint density at radius 3 is 2.14 bits per heavy atom. The minimum Gasteiger partial charge on any atom is -0.394 e. The summed E-state index contributed by atoms with van der Waals surface area (Å²) >= 11 is 0. The molecule has 0 spiro atoms. The molecule has 86 valence electrons. The van der Waals surface area contributed by atoms with Gasteiger partial charge in [0.2, 0.25) is 0 Å². The van der Waals surface area contributed by atoms with Crippen molar-refractivity contribution in [2.24, 2.45) is 0 Å². The second-order valence-electron chi connectivity index (χ2n) is 5.03. The van der Waals surface area contributed by atoms with Crippen molar-refractivity contribution in [2.75, 3.05) is 20.3 Å². The number of hydrogen-bond donors (Lipinski definition) is 2. The number of ether oxygens (including phenoxy) is 1. The van der Waals surface area contributed by atoms with Gasteiger partial charge in [-0.25, -0.2) is 0 Å². The summed E-state index contributed by atoms with van der Waals surface area (Å²) in [6, 6.07) is 0. The Kier molecular flexibility index (Phi) is 5.64. The molecule has 2 N–H and O–H groups in total. The molecule has 1 atom stereocenters. The average molecular weight is 203 g/mol. The maximum Gasteiger partial charge on any atom is 0.0610 e. The minimum absolute atomic E-state index is 0.0603. The zero-order valence-corrected chi connectivity index (χ0v) is 10.2. The van der Waals surface area contributed by atoms with Crippen LogP contribution < -0.4 is 5.32 Å². The van der Waals surface area contributed by atoms with E-state index in [0.29, 0.717) is 0 Å². The molecule has 3 nitrogen and oxygen atoms in total. The number of nitrogens with one attached hydrogen (secondary N) is 1. The van der Waals surface area contributed by atoms with E-state index in [4.69, 9.17) is 9.84 Å². The van der Waals surface area contributed by atoms with Crippen LogP contribution in [-0.4, -0.2) is 36.5 Å². The summed E-state index contributed by atoms with van der Waals surface area (Å²) in [5.41, 5.74) is -0.226. The fraction of sp³-hybridized carbons (Fsp3) is 1.00. The largest absolute Gasteiger partial charge is 0.394 e. The van der Waals surface area contributed by atoms with Gasteiger partial charge in [0.15, 0.2) is 0 Å². The Morgan fingerprint density at radius 2 is 1.79 bits per heavy atom. The van der Waals surface area contributed by atoms with Crippen molar-refractivity contribution in [3.05, 3.63) is 0 Å². The van der Waals surface area contributed by atoms with Crippen LogP contribution in [0.1, 0.15) is 40.5 Å². The molecule has 0 bridgehead atoms. The molecule has 14 heavy (non-hydrogen) atoms. The van der Waals surface area contributed by atoms with E-state index in [1.54, 1.807) is 0 Å². The smallest absolute Gasteiger partial charge is 0.0610 e. The van der Waals surface area contributed by atoms with Crippen LogP contribution in [0.2, 0.25) is 0 Å². The Hall–Kier alpha value is -0.120. The van der Waals surface area contributed by atoms with Crippen LogP contribution in [0.5, 0.6) is 0 Å². The van der Waals surface area contributed by atoms with E-state index in [1.165, 1.54) is 0 Å². The van der Waals surface area contributed by atoms with Gasteiger partial charge in [0.25, 0.3) is 0 Å². The Morgan fingerprint density at radius 1 is 1.21 bits per heavy atom. The summed E-state index contributed by atoms with van der Waals surface area (Å²) in [5, 5.41) is 12.3. The summed E-state index contributed by atoms with van der Waals surface area (Å²) in [4.78, 5) is 0. The quantitative estimate of drug-likeness (QED) is 0.644. The van der Waals surface area contributed by atoms with Crippen molar-refractivity contribution in [3.63, 3.8) is 0 Å². The van der Waals surface area contributed by atoms with Gasteiger partial charge in [-0.1, -0.05) is 0 Å². The molecule has 0 saturated heterocycles. The summed E-state index contributed by atoms with van der Waals surface area (Å²) in [5.74, 6) is 0. The maximum atomic E-state index is 9.14. The molecule has 0 rings (SSSR count). The lowest BCUT2D eigenvalue weighted by atomic mass is 9.97. The third-order valence-electron chi connectivity index (χ3n) is 2.36. The first-order chi connectivity index (χ1) is 6.33. The average Bonchev–Trinajstić information content (AvgIpc) is 2.11. The topological polar surface area (TPSA) is 41.5 Å². The second-order valence-corrected chi connectivity index (χ2v) is 5.03. The Labute approximate surface area is 87.8 Å². The molecule has 0 fully saturated rings. The van der Waals surface area contributed by atoms with E-state index in [-0.39, 0.29) is 17.7 Å². The third kappa shape index (κ3) is 6.35. The number of aliphatic hydroxyl groups excluding tert-OH is 1. The van der Waals surface area contributed by atoms with Crippen molar-refractivity contribution in [2.45, 2.75) is 51.7 Å². The van der Waals surface area contributed by atoms with Gasteiger partial charge in [-0.05, 0) is 47.6 Å². The molecular formula is C11H25NO2. The van der Waals surface area contributed by atoms with E-state index in [0.717, 1.165) is 19.4 Å². The number of likely N-dealkylation sites (N-methyl/N-ethyl adjacent to an activating group) is 1. The van der Waals surface area contributed by atoms with Crippen LogP contribution in [0.25, 0.3) is 0 Å². The predicted octanol–water partition coefficient (Wildman–Crippen LogP) is 1.55. The van der Waals surface area contributed by atoms with Gasteiger partial charge in [0.1, 0.15) is 0 Å². The molecule has 0 saturated carbocycles. The van der Waals surface area contributed by atoms with Gasteiger partial charge < -0.3 is 15.2 Å². The molecular weight excluding hydrogens is 178 g/mol. The van der Waals surface area contributed by atoms with Crippen LogP contribution in [0.4, 0.5) is 0 Å². The van der Waals surface area contributed by atoms with Gasteiger partial charge >= 0.3 is 0 Å². The first-order valence-corrected chi connectivity index (χ1v) is 5.27. The predicted molar refractivity (Wildman–Crippen MR) is 59.5 cm³/mol. The fourth-order valence-electron chi connectivity index (χ4n) is 1.12. The molecule has 3 heteroatoms. The summed E-state index contributed by atoms with van der Waals surface area (Å²) in [6.45, 7) is 9.09. The van der Waals surface area contributed by atoms with Gasteiger partial charge in [-0.3, -0.25) is 0 Å². The lowest BCUT2D eigenvalue weighted by molar-refractivity contribution is -0.00782. The van der Waals surface area contributed by atoms with Crippen LogP contribution in [0.15, 0.2) is 0 Å². The first-order valence-electron chi connectivity index (χ1n) is 5.27. The van der Waals surface area contributed by atoms with Gasteiger partial charge in [-0.2, -0.15) is 0 Å². The van der Waals surface area contributed by atoms with E-state index >= 15 is 0 Å². The maximum absolute atomic E-state index is 9.14. The highest BCUT2D eigenvalue weighted by atomic mass is 16.5. The number of aliphatic hydroxyl groups is 1. The van der Waals surface area contributed by atoms with E-state index < -0.39 is 0 Å². The minimum atomic E-state index is -0.165. The molecule has 0 aliphatic rings.